The highest BCUT2D eigenvalue weighted by atomic mass is 16.5. The summed E-state index contributed by atoms with van der Waals surface area (Å²) in [6.07, 6.45) is 1.82. The van der Waals surface area contributed by atoms with Crippen molar-refractivity contribution < 1.29 is 19.7 Å². The third-order valence-electron chi connectivity index (χ3n) is 3.48. The number of aromatic nitrogens is 2. The number of hydrogen-bond donors (Lipinski definition) is 3. The van der Waals surface area contributed by atoms with Crippen molar-refractivity contribution in [3.63, 3.8) is 0 Å². The molecule has 3 N–H and O–H groups in total. The maximum atomic E-state index is 11.6. The number of phenols is 2. The molecule has 7 heteroatoms. The number of esters is 1. The van der Waals surface area contributed by atoms with Gasteiger partial charge in [-0.1, -0.05) is 6.07 Å². The summed E-state index contributed by atoms with van der Waals surface area (Å²) < 4.78 is 6.73. The van der Waals surface area contributed by atoms with E-state index in [1.54, 1.807) is 17.4 Å². The van der Waals surface area contributed by atoms with Gasteiger partial charge in [0.25, 0.3) is 0 Å². The molecule has 0 atom stereocenters. The predicted octanol–water partition coefficient (Wildman–Crippen LogP) is 2.39. The summed E-state index contributed by atoms with van der Waals surface area (Å²) in [4.78, 5) is 16.2. The summed E-state index contributed by atoms with van der Waals surface area (Å²) in [7, 11) is 0. The number of benzene rings is 1. The molecule has 3 rings (SSSR count). The number of carbonyl (C=O) groups is 1. The smallest absolute Gasteiger partial charge is 0.325 e. The first-order chi connectivity index (χ1) is 11.6. The molecule has 0 aliphatic carbocycles. The fourth-order valence-corrected chi connectivity index (χ4v) is 2.40. The van der Waals surface area contributed by atoms with E-state index in [-0.39, 0.29) is 24.0 Å². The SMILES string of the molecule is CCOC(=O)CNc1c(-c2ccc(O)c(O)c2)nc2ccccn12. The Balaban J connectivity index is 2.04. The first-order valence-electron chi connectivity index (χ1n) is 7.49. The number of carbonyl (C=O) groups excluding carboxylic acids is 1. The second-order valence-corrected chi connectivity index (χ2v) is 5.10. The fraction of sp³-hybridized carbons (Fsp3) is 0.176. The van der Waals surface area contributed by atoms with Crippen LogP contribution in [0.5, 0.6) is 11.5 Å². The van der Waals surface area contributed by atoms with Crippen molar-refractivity contribution in [2.75, 3.05) is 18.5 Å². The van der Waals surface area contributed by atoms with Gasteiger partial charge in [0.1, 0.15) is 23.7 Å². The number of phenolic OH excluding ortho intramolecular Hbond substituents is 2. The van der Waals surface area contributed by atoms with Crippen LogP contribution in [0.1, 0.15) is 6.92 Å². The molecule has 2 heterocycles. The Hall–Kier alpha value is -3.22. The Morgan fingerprint density at radius 3 is 2.83 bits per heavy atom. The number of imidazole rings is 1. The second-order valence-electron chi connectivity index (χ2n) is 5.10. The van der Waals surface area contributed by atoms with Crippen LogP contribution in [0.3, 0.4) is 0 Å². The fourth-order valence-electron chi connectivity index (χ4n) is 2.40. The van der Waals surface area contributed by atoms with Crippen LogP contribution >= 0.6 is 0 Å². The van der Waals surface area contributed by atoms with E-state index < -0.39 is 0 Å². The number of aromatic hydroxyl groups is 2. The summed E-state index contributed by atoms with van der Waals surface area (Å²) >= 11 is 0. The standard InChI is InChI=1S/C17H17N3O4/c1-2-24-15(23)10-18-17-16(11-6-7-12(21)13(22)9-11)19-14-5-3-4-8-20(14)17/h3-9,18,21-22H,2,10H2,1H3. The number of rotatable bonds is 5. The van der Waals surface area contributed by atoms with Crippen molar-refractivity contribution in [2.24, 2.45) is 0 Å². The largest absolute Gasteiger partial charge is 0.504 e. The molecule has 1 aromatic carbocycles. The molecule has 0 fully saturated rings. The molecule has 0 unspecified atom stereocenters. The second kappa shape index (κ2) is 6.49. The number of pyridine rings is 1. The third kappa shape index (κ3) is 2.96. The summed E-state index contributed by atoms with van der Waals surface area (Å²) in [6.45, 7) is 2.05. The molecule has 24 heavy (non-hydrogen) atoms. The number of nitrogens with zero attached hydrogens (tertiary/aromatic N) is 2. The van der Waals surface area contributed by atoms with Crippen molar-refractivity contribution in [1.29, 1.82) is 0 Å². The summed E-state index contributed by atoms with van der Waals surface area (Å²) in [6, 6.07) is 10.00. The first-order valence-corrected chi connectivity index (χ1v) is 7.49. The lowest BCUT2D eigenvalue weighted by Gasteiger charge is -2.09. The number of hydrogen-bond acceptors (Lipinski definition) is 6. The molecule has 3 aromatic rings. The molecule has 0 aliphatic rings. The van der Waals surface area contributed by atoms with Gasteiger partial charge in [-0.25, -0.2) is 4.98 Å². The molecule has 124 valence electrons. The van der Waals surface area contributed by atoms with Gasteiger partial charge in [0.15, 0.2) is 11.5 Å². The molecule has 2 aromatic heterocycles. The molecular formula is C17H17N3O4. The van der Waals surface area contributed by atoms with Gasteiger partial charge in [-0.05, 0) is 37.3 Å². The van der Waals surface area contributed by atoms with Crippen molar-refractivity contribution >= 4 is 17.4 Å². The molecule has 0 radical (unpaired) electrons. The summed E-state index contributed by atoms with van der Waals surface area (Å²) in [5.41, 5.74) is 1.85. The van der Waals surface area contributed by atoms with Gasteiger partial charge in [0.2, 0.25) is 0 Å². The van der Waals surface area contributed by atoms with Gasteiger partial charge in [-0.2, -0.15) is 0 Å². The van der Waals surface area contributed by atoms with Crippen LogP contribution in [0.25, 0.3) is 16.9 Å². The Labute approximate surface area is 138 Å². The van der Waals surface area contributed by atoms with E-state index in [1.165, 1.54) is 12.1 Å². The summed E-state index contributed by atoms with van der Waals surface area (Å²) in [5, 5.41) is 22.3. The van der Waals surface area contributed by atoms with Gasteiger partial charge in [0.05, 0.1) is 6.61 Å². The molecular weight excluding hydrogens is 310 g/mol. The zero-order chi connectivity index (χ0) is 17.1. The Bertz CT molecular complexity index is 889. The van der Waals surface area contributed by atoms with E-state index in [4.69, 9.17) is 4.74 Å². The van der Waals surface area contributed by atoms with Crippen LogP contribution in [-0.2, 0) is 9.53 Å². The van der Waals surface area contributed by atoms with E-state index in [0.29, 0.717) is 29.3 Å². The maximum Gasteiger partial charge on any atom is 0.325 e. The zero-order valence-electron chi connectivity index (χ0n) is 13.1. The van der Waals surface area contributed by atoms with Crippen LogP contribution in [0.2, 0.25) is 0 Å². The molecule has 0 saturated heterocycles. The average molecular weight is 327 g/mol. The monoisotopic (exact) mass is 327 g/mol. The topological polar surface area (TPSA) is 96.1 Å². The highest BCUT2D eigenvalue weighted by molar-refractivity contribution is 5.81. The normalized spacial score (nSPS) is 10.7. The first kappa shape index (κ1) is 15.7. The van der Waals surface area contributed by atoms with Crippen LogP contribution in [0.15, 0.2) is 42.6 Å². The number of anilines is 1. The van der Waals surface area contributed by atoms with E-state index in [1.807, 2.05) is 24.4 Å². The molecule has 0 bridgehead atoms. The Kier molecular flexibility index (Phi) is 4.24. The highest BCUT2D eigenvalue weighted by Gasteiger charge is 2.16. The van der Waals surface area contributed by atoms with Gasteiger partial charge >= 0.3 is 5.97 Å². The number of nitrogens with one attached hydrogen (secondary N) is 1. The molecule has 7 nitrogen and oxygen atoms in total. The molecule has 0 spiro atoms. The number of fused-ring (bicyclic) bond motifs is 1. The lowest BCUT2D eigenvalue weighted by Crippen LogP contribution is -2.17. The Morgan fingerprint density at radius 2 is 2.08 bits per heavy atom. The van der Waals surface area contributed by atoms with Crippen LogP contribution in [0.4, 0.5) is 5.82 Å². The maximum absolute atomic E-state index is 11.6. The van der Waals surface area contributed by atoms with Crippen LogP contribution < -0.4 is 5.32 Å². The lowest BCUT2D eigenvalue weighted by atomic mass is 10.1. The van der Waals surface area contributed by atoms with Crippen molar-refractivity contribution in [2.45, 2.75) is 6.92 Å². The lowest BCUT2D eigenvalue weighted by molar-refractivity contribution is -0.140. The summed E-state index contributed by atoms with van der Waals surface area (Å²) in [5.74, 6) is -0.212. The van der Waals surface area contributed by atoms with E-state index >= 15 is 0 Å². The zero-order valence-corrected chi connectivity index (χ0v) is 13.1. The van der Waals surface area contributed by atoms with E-state index in [0.717, 1.165) is 0 Å². The van der Waals surface area contributed by atoms with Gasteiger partial charge < -0.3 is 20.3 Å². The molecule has 0 aliphatic heterocycles. The average Bonchev–Trinajstić information content (AvgIpc) is 2.94. The van der Waals surface area contributed by atoms with Gasteiger partial charge in [-0.15, -0.1) is 0 Å². The minimum atomic E-state index is -0.372. The van der Waals surface area contributed by atoms with E-state index in [2.05, 4.69) is 10.3 Å². The van der Waals surface area contributed by atoms with Crippen LogP contribution in [0, 0.1) is 0 Å². The number of ether oxygens (including phenoxy) is 1. The van der Waals surface area contributed by atoms with Crippen LogP contribution in [-0.4, -0.2) is 38.7 Å². The van der Waals surface area contributed by atoms with Crippen molar-refractivity contribution in [1.82, 2.24) is 9.38 Å². The van der Waals surface area contributed by atoms with Gasteiger partial charge in [-0.3, -0.25) is 9.20 Å². The van der Waals surface area contributed by atoms with Gasteiger partial charge in [0, 0.05) is 11.8 Å². The minimum Gasteiger partial charge on any atom is -0.504 e. The quantitative estimate of drug-likeness (QED) is 0.492. The van der Waals surface area contributed by atoms with Crippen molar-refractivity contribution in [3.05, 3.63) is 42.6 Å². The molecule has 0 amide bonds. The third-order valence-corrected chi connectivity index (χ3v) is 3.48. The van der Waals surface area contributed by atoms with Crippen molar-refractivity contribution in [3.8, 4) is 22.8 Å². The predicted molar refractivity (Wildman–Crippen MR) is 89.1 cm³/mol. The van der Waals surface area contributed by atoms with E-state index in [9.17, 15) is 15.0 Å². The minimum absolute atomic E-state index is 0.00636. The molecule has 0 saturated carbocycles. The highest BCUT2D eigenvalue weighted by Crippen LogP contribution is 2.34. The Morgan fingerprint density at radius 1 is 1.25 bits per heavy atom.